The molecule has 1 saturated heterocycles. The Kier molecular flexibility index (Phi) is 10.0. The van der Waals surface area contributed by atoms with Crippen LogP contribution in [0.4, 0.5) is 5.69 Å². The third-order valence-electron chi connectivity index (χ3n) is 7.08. The van der Waals surface area contributed by atoms with E-state index in [9.17, 15) is 4.79 Å². The molecule has 7 nitrogen and oxygen atoms in total. The maximum atomic E-state index is 14.0. The Morgan fingerprint density at radius 2 is 1.68 bits per heavy atom. The van der Waals surface area contributed by atoms with Gasteiger partial charge in [-0.15, -0.1) is 0 Å². The molecule has 202 valence electrons. The average molecular weight is 518 g/mol. The lowest BCUT2D eigenvalue weighted by Gasteiger charge is -2.29. The monoisotopic (exact) mass is 517 g/mol. The van der Waals surface area contributed by atoms with Gasteiger partial charge in [0.15, 0.2) is 11.5 Å². The van der Waals surface area contributed by atoms with E-state index in [1.54, 1.807) is 26.4 Å². The van der Waals surface area contributed by atoms with Crippen LogP contribution in [0.25, 0.3) is 0 Å². The quantitative estimate of drug-likeness (QED) is 0.258. The van der Waals surface area contributed by atoms with Crippen LogP contribution in [0.2, 0.25) is 0 Å². The summed E-state index contributed by atoms with van der Waals surface area (Å²) in [6.45, 7) is 4.08. The van der Waals surface area contributed by atoms with Crippen molar-refractivity contribution in [3.63, 3.8) is 0 Å². The van der Waals surface area contributed by atoms with Crippen molar-refractivity contribution in [2.75, 3.05) is 52.8 Å². The van der Waals surface area contributed by atoms with Gasteiger partial charge in [0.2, 0.25) is 0 Å². The van der Waals surface area contributed by atoms with E-state index in [-0.39, 0.29) is 5.91 Å². The molecular formula is C31H39N3O4. The second kappa shape index (κ2) is 13.8. The number of carbonyl (C=O) groups excluding carboxylic acids is 1. The number of nitrogens with two attached hydrogens (primary N) is 1. The van der Waals surface area contributed by atoms with Crippen molar-refractivity contribution in [1.29, 1.82) is 0 Å². The summed E-state index contributed by atoms with van der Waals surface area (Å²) >= 11 is 0. The number of rotatable bonds is 13. The van der Waals surface area contributed by atoms with Crippen molar-refractivity contribution in [2.45, 2.75) is 19.4 Å². The first kappa shape index (κ1) is 27.5. The minimum atomic E-state index is -0.0309. The molecule has 0 radical (unpaired) electrons. The Balaban J connectivity index is 1.55. The fourth-order valence-corrected chi connectivity index (χ4v) is 4.99. The molecule has 3 aromatic rings. The topological polar surface area (TPSA) is 86.1 Å². The van der Waals surface area contributed by atoms with Crippen molar-refractivity contribution in [2.24, 2.45) is 11.8 Å². The van der Waals surface area contributed by atoms with Crippen molar-refractivity contribution >= 4 is 11.6 Å². The van der Waals surface area contributed by atoms with Gasteiger partial charge in [0.25, 0.3) is 5.91 Å². The van der Waals surface area contributed by atoms with Crippen molar-refractivity contribution < 1.29 is 19.0 Å². The van der Waals surface area contributed by atoms with Gasteiger partial charge in [-0.05, 0) is 72.8 Å². The molecule has 1 amide bonds. The lowest BCUT2D eigenvalue weighted by molar-refractivity contribution is 0.0704. The maximum absolute atomic E-state index is 14.0. The highest BCUT2D eigenvalue weighted by atomic mass is 16.5. The third-order valence-corrected chi connectivity index (χ3v) is 7.08. The summed E-state index contributed by atoms with van der Waals surface area (Å²) in [5.74, 6) is 1.93. The molecule has 0 aliphatic carbocycles. The van der Waals surface area contributed by atoms with Gasteiger partial charge in [0.1, 0.15) is 0 Å². The first-order valence-corrected chi connectivity index (χ1v) is 13.3. The van der Waals surface area contributed by atoms with Crippen LogP contribution >= 0.6 is 0 Å². The zero-order chi connectivity index (χ0) is 26.7. The molecule has 0 aromatic heterocycles. The number of carbonyl (C=O) groups is 1. The molecule has 1 aliphatic heterocycles. The molecule has 4 rings (SSSR count). The predicted octanol–water partition coefficient (Wildman–Crippen LogP) is 4.41. The molecule has 0 spiro atoms. The fraction of sp³-hybridized carbons (Fsp3) is 0.387. The zero-order valence-electron chi connectivity index (χ0n) is 22.4. The summed E-state index contributed by atoms with van der Waals surface area (Å²) in [4.78, 5) is 15.9. The summed E-state index contributed by atoms with van der Waals surface area (Å²) in [6, 6.07) is 23.7. The lowest BCUT2D eigenvalue weighted by atomic mass is 9.89. The minimum absolute atomic E-state index is 0.0309. The molecule has 3 aromatic carbocycles. The van der Waals surface area contributed by atoms with Crippen LogP contribution in [-0.2, 0) is 17.7 Å². The number of nitrogens with zero attached hydrogens (tertiary/aromatic N) is 1. The second-order valence-electron chi connectivity index (χ2n) is 9.86. The highest BCUT2D eigenvalue weighted by Gasteiger charge is 2.31. The summed E-state index contributed by atoms with van der Waals surface area (Å²) in [5.41, 5.74) is 9.57. The van der Waals surface area contributed by atoms with Gasteiger partial charge in [-0.2, -0.15) is 0 Å². The molecule has 0 unspecified atom stereocenters. The Hall–Kier alpha value is -3.55. The van der Waals surface area contributed by atoms with E-state index in [0.717, 1.165) is 31.5 Å². The van der Waals surface area contributed by atoms with Gasteiger partial charge in [-0.1, -0.05) is 42.5 Å². The van der Waals surface area contributed by atoms with Crippen molar-refractivity contribution in [3.05, 3.63) is 89.5 Å². The maximum Gasteiger partial charge on any atom is 0.254 e. The first-order valence-electron chi connectivity index (χ1n) is 13.3. The van der Waals surface area contributed by atoms with E-state index in [0.29, 0.717) is 60.9 Å². The first-order chi connectivity index (χ1) is 18.6. The Bertz CT molecular complexity index is 1150. The summed E-state index contributed by atoms with van der Waals surface area (Å²) in [7, 11) is 3.27. The van der Waals surface area contributed by atoms with Crippen LogP contribution in [0.15, 0.2) is 72.8 Å². The van der Waals surface area contributed by atoms with E-state index in [1.165, 1.54) is 5.56 Å². The fourth-order valence-electron chi connectivity index (χ4n) is 4.99. The largest absolute Gasteiger partial charge is 0.493 e. The van der Waals surface area contributed by atoms with E-state index in [2.05, 4.69) is 29.6 Å². The van der Waals surface area contributed by atoms with Crippen molar-refractivity contribution in [1.82, 2.24) is 10.2 Å². The number of anilines is 1. The van der Waals surface area contributed by atoms with Crippen LogP contribution < -0.4 is 20.5 Å². The van der Waals surface area contributed by atoms with E-state index >= 15 is 0 Å². The number of ether oxygens (including phenoxy) is 3. The average Bonchev–Trinajstić information content (AvgIpc) is 3.38. The minimum Gasteiger partial charge on any atom is -0.493 e. The number of benzene rings is 3. The van der Waals surface area contributed by atoms with Gasteiger partial charge in [0.05, 0.1) is 13.7 Å². The lowest BCUT2D eigenvalue weighted by Crippen LogP contribution is -2.37. The third kappa shape index (κ3) is 7.49. The smallest absolute Gasteiger partial charge is 0.254 e. The highest BCUT2D eigenvalue weighted by molar-refractivity contribution is 5.95. The van der Waals surface area contributed by atoms with E-state index < -0.39 is 0 Å². The molecule has 38 heavy (non-hydrogen) atoms. The van der Waals surface area contributed by atoms with Crippen LogP contribution in [0.5, 0.6) is 11.5 Å². The van der Waals surface area contributed by atoms with Crippen LogP contribution in [-0.4, -0.2) is 57.9 Å². The molecule has 0 bridgehead atoms. The Morgan fingerprint density at radius 1 is 0.921 bits per heavy atom. The normalized spacial score (nSPS) is 16.8. The van der Waals surface area contributed by atoms with Gasteiger partial charge in [0, 0.05) is 44.5 Å². The molecule has 2 atom stereocenters. The summed E-state index contributed by atoms with van der Waals surface area (Å²) in [6.07, 6.45) is 1.74. The second-order valence-corrected chi connectivity index (χ2v) is 9.86. The number of hydrogen-bond acceptors (Lipinski definition) is 6. The van der Waals surface area contributed by atoms with Crippen molar-refractivity contribution in [3.8, 4) is 11.5 Å². The predicted molar refractivity (Wildman–Crippen MR) is 151 cm³/mol. The highest BCUT2D eigenvalue weighted by Crippen LogP contribution is 2.30. The number of hydrogen-bond donors (Lipinski definition) is 2. The van der Waals surface area contributed by atoms with Crippen LogP contribution in [0, 0.1) is 11.8 Å². The number of nitrogens with one attached hydrogen (secondary N) is 1. The summed E-state index contributed by atoms with van der Waals surface area (Å²) in [5, 5.41) is 3.55. The summed E-state index contributed by atoms with van der Waals surface area (Å²) < 4.78 is 16.5. The molecule has 0 saturated carbocycles. The Morgan fingerprint density at radius 3 is 2.42 bits per heavy atom. The van der Waals surface area contributed by atoms with Crippen LogP contribution in [0.1, 0.15) is 27.9 Å². The number of methoxy groups -OCH3 is 2. The number of amides is 1. The van der Waals surface area contributed by atoms with Gasteiger partial charge < -0.3 is 30.2 Å². The van der Waals surface area contributed by atoms with E-state index in [1.807, 2.05) is 41.3 Å². The molecular weight excluding hydrogens is 478 g/mol. The number of nitrogen functional groups attached to an aromatic ring is 1. The van der Waals surface area contributed by atoms with Gasteiger partial charge >= 0.3 is 0 Å². The molecule has 1 fully saturated rings. The van der Waals surface area contributed by atoms with E-state index in [4.69, 9.17) is 19.9 Å². The van der Waals surface area contributed by atoms with Crippen LogP contribution in [0.3, 0.4) is 0 Å². The SMILES string of the molecule is COCCCOc1cc(C(=O)N(Cc2ccc(N)cc2)C[C@H]2CNC[C@@H]2Cc2ccccc2)ccc1OC. The molecule has 3 N–H and O–H groups in total. The standard InChI is InChI=1S/C31H39N3O4/c1-36-15-6-16-38-30-18-25(11-14-29(30)37-2)31(35)34(21-24-9-12-28(32)13-10-24)22-27-20-33-19-26(27)17-23-7-4-3-5-8-23/h3-5,7-14,18,26-27,33H,6,15-17,19-22,32H2,1-2H3/t26-,27+/m0/s1. The van der Waals surface area contributed by atoms with Gasteiger partial charge in [-0.25, -0.2) is 0 Å². The molecule has 1 aliphatic rings. The zero-order valence-corrected chi connectivity index (χ0v) is 22.4. The molecule has 7 heteroatoms. The van der Waals surface area contributed by atoms with Gasteiger partial charge in [-0.3, -0.25) is 4.79 Å². The molecule has 1 heterocycles. The Labute approximate surface area is 225 Å².